The van der Waals surface area contributed by atoms with Crippen LogP contribution < -0.4 is 9.67 Å². The molecule has 40 heavy (non-hydrogen) atoms. The zero-order valence-electron chi connectivity index (χ0n) is 22.6. The van der Waals surface area contributed by atoms with Crippen LogP contribution in [0.25, 0.3) is 11.0 Å². The molecule has 9 nitrogen and oxygen atoms in total. The monoisotopic (exact) mass is 609 g/mol. The first kappa shape index (κ1) is 29.8. The molecule has 1 saturated heterocycles. The number of piperidine rings is 1. The Bertz CT molecular complexity index is 1420. The van der Waals surface area contributed by atoms with Gasteiger partial charge in [0, 0.05) is 11.9 Å². The number of fused-ring (bicyclic) bond motifs is 1. The number of hydrogen-bond acceptors (Lipinski definition) is 7. The van der Waals surface area contributed by atoms with E-state index in [1.54, 1.807) is 6.07 Å². The third-order valence-corrected chi connectivity index (χ3v) is 9.70. The van der Waals surface area contributed by atoms with E-state index in [1.807, 2.05) is 12.1 Å². The van der Waals surface area contributed by atoms with Gasteiger partial charge < -0.3 is 9.42 Å². The Hall–Kier alpha value is -3.20. The van der Waals surface area contributed by atoms with Gasteiger partial charge in [0.25, 0.3) is 0 Å². The largest absolute Gasteiger partial charge is 0.356 e. The average Bonchev–Trinajstić information content (AvgIpc) is 3.39. The molecule has 5 rings (SSSR count). The summed E-state index contributed by atoms with van der Waals surface area (Å²) in [5.41, 5.74) is 3.64. The predicted molar refractivity (Wildman–Crippen MR) is 154 cm³/mol. The van der Waals surface area contributed by atoms with Crippen molar-refractivity contribution in [2.24, 2.45) is 5.92 Å². The van der Waals surface area contributed by atoms with Crippen molar-refractivity contribution < 1.29 is 26.3 Å². The molecule has 4 aromatic rings. The molecule has 0 saturated carbocycles. The molecule has 3 aromatic carbocycles. The number of aromatic nitrogens is 1. The first-order valence-electron chi connectivity index (χ1n) is 13.5. The van der Waals surface area contributed by atoms with Crippen molar-refractivity contribution in [3.63, 3.8) is 0 Å². The van der Waals surface area contributed by atoms with E-state index < -0.39 is 14.2 Å². The van der Waals surface area contributed by atoms with Crippen LogP contribution in [-0.2, 0) is 25.3 Å². The third kappa shape index (κ3) is 8.40. The molecule has 1 unspecified atom stereocenters. The van der Waals surface area contributed by atoms with Gasteiger partial charge in [0.1, 0.15) is 0 Å². The normalized spacial score (nSPS) is 15.7. The van der Waals surface area contributed by atoms with Gasteiger partial charge >= 0.3 is 88.4 Å². The molecule has 0 bridgehead atoms. The molecule has 1 atom stereocenters. The van der Waals surface area contributed by atoms with Gasteiger partial charge in [0.2, 0.25) is 0 Å². The maximum absolute atomic E-state index is 11.4. The second kappa shape index (κ2) is 14.4. The van der Waals surface area contributed by atoms with Crippen molar-refractivity contribution in [3.05, 3.63) is 90.1 Å². The van der Waals surface area contributed by atoms with E-state index in [0.717, 1.165) is 30.0 Å². The number of rotatable bonds is 9. The number of likely N-dealkylation sites (tertiary alicyclic amines) is 1. The van der Waals surface area contributed by atoms with Crippen molar-refractivity contribution in [1.82, 2.24) is 10.1 Å². The Morgan fingerprint density at radius 3 is 2.42 bits per heavy atom. The van der Waals surface area contributed by atoms with Crippen molar-refractivity contribution >= 4 is 41.1 Å². The SMILES string of the molecule is CC(=O)Nc1ccccc1[As](=O)(O)OO.c1ccc(CCN2CCC(CCc3noc4ccccc34)CC2)cc1. The molecule has 1 aromatic heterocycles. The summed E-state index contributed by atoms with van der Waals surface area (Å²) in [6.45, 7) is 4.92. The van der Waals surface area contributed by atoms with E-state index in [0.29, 0.717) is 0 Å². The number of amides is 1. The van der Waals surface area contributed by atoms with Crippen LogP contribution in [0.1, 0.15) is 37.4 Å². The minimum absolute atomic E-state index is 0.103. The molecule has 0 spiro atoms. The van der Waals surface area contributed by atoms with E-state index in [9.17, 15) is 12.6 Å². The van der Waals surface area contributed by atoms with Gasteiger partial charge in [-0.25, -0.2) is 0 Å². The molecule has 0 aliphatic carbocycles. The van der Waals surface area contributed by atoms with Crippen LogP contribution in [0.4, 0.5) is 5.69 Å². The van der Waals surface area contributed by atoms with Crippen LogP contribution >= 0.6 is 0 Å². The second-order valence-electron chi connectivity index (χ2n) is 9.99. The summed E-state index contributed by atoms with van der Waals surface area (Å²) in [5, 5.41) is 16.1. The second-order valence-corrected chi connectivity index (χ2v) is 13.5. The summed E-state index contributed by atoms with van der Waals surface area (Å²) in [4.78, 5) is 13.4. The van der Waals surface area contributed by atoms with Crippen molar-refractivity contribution in [3.8, 4) is 0 Å². The maximum atomic E-state index is 11.4. The van der Waals surface area contributed by atoms with Crippen LogP contribution in [0.2, 0.25) is 0 Å². The quantitative estimate of drug-likeness (QED) is 0.145. The average molecular weight is 610 g/mol. The summed E-state index contributed by atoms with van der Waals surface area (Å²) in [5.74, 6) is 0.444. The molecule has 1 fully saturated rings. The summed E-state index contributed by atoms with van der Waals surface area (Å²) in [7, 11) is 0. The summed E-state index contributed by atoms with van der Waals surface area (Å²) in [6.07, 6.45) is 6.04. The van der Waals surface area contributed by atoms with E-state index in [-0.39, 0.29) is 15.9 Å². The van der Waals surface area contributed by atoms with Crippen molar-refractivity contribution in [1.29, 1.82) is 0 Å². The van der Waals surface area contributed by atoms with Gasteiger partial charge in [-0.1, -0.05) is 47.6 Å². The Balaban J connectivity index is 0.000000212. The Morgan fingerprint density at radius 2 is 1.70 bits per heavy atom. The van der Waals surface area contributed by atoms with Gasteiger partial charge in [-0.05, 0) is 68.8 Å². The number of carbonyl (C=O) groups is 1. The van der Waals surface area contributed by atoms with Crippen LogP contribution in [0.3, 0.4) is 0 Å². The number of para-hydroxylation sites is 2. The van der Waals surface area contributed by atoms with Gasteiger partial charge in [-0.3, -0.25) is 0 Å². The van der Waals surface area contributed by atoms with Crippen LogP contribution in [0, 0.1) is 5.92 Å². The topological polar surface area (TPSA) is 125 Å². The molecule has 1 aliphatic heterocycles. The first-order chi connectivity index (χ1) is 19.4. The third-order valence-electron chi connectivity index (χ3n) is 7.14. The number of carbonyl (C=O) groups excluding carboxylic acids is 1. The minimum atomic E-state index is -4.92. The van der Waals surface area contributed by atoms with E-state index in [2.05, 4.69) is 61.7 Å². The molecule has 10 heteroatoms. The van der Waals surface area contributed by atoms with E-state index in [4.69, 9.17) is 9.78 Å². The molecule has 0 radical (unpaired) electrons. The Morgan fingerprint density at radius 1 is 1.02 bits per heavy atom. The number of nitrogens with zero attached hydrogens (tertiary/aromatic N) is 2. The van der Waals surface area contributed by atoms with Gasteiger partial charge in [0.05, 0.1) is 5.69 Å². The fraction of sp³-hybridized carbons (Fsp3) is 0.333. The van der Waals surface area contributed by atoms with Gasteiger partial charge in [0.15, 0.2) is 5.58 Å². The fourth-order valence-electron chi connectivity index (χ4n) is 4.95. The summed E-state index contributed by atoms with van der Waals surface area (Å²) < 4.78 is 29.5. The maximum Gasteiger partial charge on any atom is 0.167 e. The molecular weight excluding hydrogens is 573 g/mol. The Kier molecular flexibility index (Phi) is 10.7. The number of aryl methyl sites for hydroxylation is 1. The van der Waals surface area contributed by atoms with Crippen LogP contribution in [-0.4, -0.2) is 59.1 Å². The molecule has 2 heterocycles. The minimum Gasteiger partial charge on any atom is -0.356 e. The molecule has 1 amide bonds. The van der Waals surface area contributed by atoms with Gasteiger partial charge in [-0.2, -0.15) is 0 Å². The molecule has 212 valence electrons. The van der Waals surface area contributed by atoms with Gasteiger partial charge in [-0.15, -0.1) is 0 Å². The number of hydrogen-bond donors (Lipinski definition) is 3. The van der Waals surface area contributed by atoms with Crippen molar-refractivity contribution in [2.45, 2.75) is 39.0 Å². The Labute approximate surface area is 237 Å². The summed E-state index contributed by atoms with van der Waals surface area (Å²) in [6, 6.07) is 24.8. The molecule has 3 N–H and O–H groups in total. The predicted octanol–water partition coefficient (Wildman–Crippen LogP) is 4.42. The van der Waals surface area contributed by atoms with E-state index in [1.165, 1.54) is 75.0 Å². The van der Waals surface area contributed by atoms with E-state index >= 15 is 0 Å². The van der Waals surface area contributed by atoms with Crippen molar-refractivity contribution in [2.75, 3.05) is 25.0 Å². The number of benzene rings is 3. The number of nitrogens with one attached hydrogen (secondary N) is 1. The first-order valence-corrected chi connectivity index (χ1v) is 16.8. The standard InChI is InChI=1S/C22H26N2O.C8H10AsNO5/c1-2-6-18(7-3-1)12-15-24-16-13-19(14-17-24)10-11-21-20-8-4-5-9-22(20)25-23-21;1-6(11)10-8-5-3-2-4-7(8)9(12,13)15-14/h1-9,19H,10-17H2;2-5,14H,1H3,(H,10,11)(H,12,13). The fourth-order valence-corrected chi connectivity index (χ4v) is 6.62. The van der Waals surface area contributed by atoms with Crippen LogP contribution in [0.5, 0.6) is 0 Å². The smallest absolute Gasteiger partial charge is 0.167 e. The summed E-state index contributed by atoms with van der Waals surface area (Å²) >= 11 is -4.92. The zero-order valence-corrected chi connectivity index (χ0v) is 24.5. The number of anilines is 1. The molecular formula is C30H36AsN3O6. The molecule has 1 aliphatic rings. The zero-order chi connectivity index (χ0) is 28.4. The van der Waals surface area contributed by atoms with Crippen LogP contribution in [0.15, 0.2) is 83.4 Å².